The standard InChI is InChI=1S/C16H25N3O4S.ClH/c1-24(21,22)15-4-2-14(3-5-15)23-13-6-16(20)18-9-12-19-10-7-17-8-11-19;/h2-5,17H,6-13H2,1H3,(H,18,20);1H. The van der Waals surface area contributed by atoms with Gasteiger partial charge in [0, 0.05) is 45.5 Å². The first-order valence-electron chi connectivity index (χ1n) is 8.08. The lowest BCUT2D eigenvalue weighted by Crippen LogP contribution is -2.46. The van der Waals surface area contributed by atoms with Crippen molar-refractivity contribution in [2.75, 3.05) is 52.1 Å². The van der Waals surface area contributed by atoms with Gasteiger partial charge in [0.05, 0.1) is 17.9 Å². The number of hydrogen-bond acceptors (Lipinski definition) is 6. The monoisotopic (exact) mass is 391 g/mol. The van der Waals surface area contributed by atoms with Crippen LogP contribution < -0.4 is 15.4 Å². The molecule has 1 aliphatic heterocycles. The van der Waals surface area contributed by atoms with E-state index in [1.165, 1.54) is 12.1 Å². The zero-order chi connectivity index (χ0) is 17.4. The number of hydrogen-bond donors (Lipinski definition) is 2. The van der Waals surface area contributed by atoms with Crippen LogP contribution in [0.15, 0.2) is 29.2 Å². The summed E-state index contributed by atoms with van der Waals surface area (Å²) < 4.78 is 28.2. The van der Waals surface area contributed by atoms with Crippen LogP contribution in [0, 0.1) is 0 Å². The van der Waals surface area contributed by atoms with E-state index in [2.05, 4.69) is 15.5 Å². The van der Waals surface area contributed by atoms with Crippen LogP contribution in [0.3, 0.4) is 0 Å². The molecule has 1 aromatic rings. The van der Waals surface area contributed by atoms with Crippen LogP contribution in [0.1, 0.15) is 6.42 Å². The van der Waals surface area contributed by atoms with E-state index in [-0.39, 0.29) is 36.2 Å². The molecule has 0 radical (unpaired) electrons. The third kappa shape index (κ3) is 8.04. The summed E-state index contributed by atoms with van der Waals surface area (Å²) in [7, 11) is -3.20. The van der Waals surface area contributed by atoms with Crippen LogP contribution in [0.5, 0.6) is 5.75 Å². The van der Waals surface area contributed by atoms with Gasteiger partial charge in [-0.15, -0.1) is 12.4 Å². The van der Waals surface area contributed by atoms with Gasteiger partial charge in [0.15, 0.2) is 9.84 Å². The molecule has 0 atom stereocenters. The highest BCUT2D eigenvalue weighted by molar-refractivity contribution is 7.90. The number of piperazine rings is 1. The molecule has 9 heteroatoms. The lowest BCUT2D eigenvalue weighted by Gasteiger charge is -2.27. The van der Waals surface area contributed by atoms with Crippen LogP contribution >= 0.6 is 12.4 Å². The van der Waals surface area contributed by atoms with Crippen molar-refractivity contribution in [3.05, 3.63) is 24.3 Å². The minimum atomic E-state index is -3.20. The maximum absolute atomic E-state index is 11.8. The average molecular weight is 392 g/mol. The molecule has 0 aliphatic carbocycles. The summed E-state index contributed by atoms with van der Waals surface area (Å²) in [5, 5.41) is 6.17. The van der Waals surface area contributed by atoms with Crippen LogP contribution in [0.2, 0.25) is 0 Å². The van der Waals surface area contributed by atoms with Gasteiger partial charge in [-0.1, -0.05) is 0 Å². The number of rotatable bonds is 8. The van der Waals surface area contributed by atoms with E-state index in [9.17, 15) is 13.2 Å². The SMILES string of the molecule is CS(=O)(=O)c1ccc(OCCC(=O)NCCN2CCNCC2)cc1.Cl. The van der Waals surface area contributed by atoms with Crippen LogP contribution in [0.25, 0.3) is 0 Å². The highest BCUT2D eigenvalue weighted by atomic mass is 35.5. The Kier molecular flexibility index (Phi) is 9.20. The van der Waals surface area contributed by atoms with E-state index in [0.29, 0.717) is 12.3 Å². The molecule has 1 saturated heterocycles. The first-order chi connectivity index (χ1) is 11.4. The molecule has 1 heterocycles. The molecule has 1 aromatic carbocycles. The Hall–Kier alpha value is -1.35. The summed E-state index contributed by atoms with van der Waals surface area (Å²) in [5.41, 5.74) is 0. The molecule has 1 amide bonds. The fourth-order valence-electron chi connectivity index (χ4n) is 2.42. The Morgan fingerprint density at radius 1 is 1.24 bits per heavy atom. The quantitative estimate of drug-likeness (QED) is 0.662. The van der Waals surface area contributed by atoms with E-state index in [1.807, 2.05) is 0 Å². The van der Waals surface area contributed by atoms with Crippen molar-refractivity contribution in [2.24, 2.45) is 0 Å². The van der Waals surface area contributed by atoms with Crippen molar-refractivity contribution in [2.45, 2.75) is 11.3 Å². The normalized spacial score (nSPS) is 15.2. The lowest BCUT2D eigenvalue weighted by atomic mass is 10.3. The van der Waals surface area contributed by atoms with Gasteiger partial charge in [-0.3, -0.25) is 9.69 Å². The van der Waals surface area contributed by atoms with E-state index < -0.39 is 9.84 Å². The lowest BCUT2D eigenvalue weighted by molar-refractivity contribution is -0.121. The number of ether oxygens (including phenoxy) is 1. The molecule has 2 rings (SSSR count). The van der Waals surface area contributed by atoms with E-state index in [1.54, 1.807) is 12.1 Å². The number of benzene rings is 1. The van der Waals surface area contributed by atoms with Crippen LogP contribution in [-0.2, 0) is 14.6 Å². The van der Waals surface area contributed by atoms with Crippen molar-refractivity contribution in [3.63, 3.8) is 0 Å². The zero-order valence-electron chi connectivity index (χ0n) is 14.4. The van der Waals surface area contributed by atoms with E-state index >= 15 is 0 Å². The molecule has 0 spiro atoms. The number of nitrogens with one attached hydrogen (secondary N) is 2. The summed E-state index contributed by atoms with van der Waals surface area (Å²) >= 11 is 0. The Balaban J connectivity index is 0.00000312. The molecule has 0 aromatic heterocycles. The molecule has 1 aliphatic rings. The second kappa shape index (κ2) is 10.6. The van der Waals surface area contributed by atoms with Crippen LogP contribution in [0.4, 0.5) is 0 Å². The van der Waals surface area contributed by atoms with Gasteiger partial charge >= 0.3 is 0 Å². The summed E-state index contributed by atoms with van der Waals surface area (Å²) in [6.07, 6.45) is 1.43. The molecule has 0 unspecified atom stereocenters. The summed E-state index contributed by atoms with van der Waals surface area (Å²) in [4.78, 5) is 14.3. The van der Waals surface area contributed by atoms with Crippen molar-refractivity contribution >= 4 is 28.2 Å². The topological polar surface area (TPSA) is 87.7 Å². The van der Waals surface area contributed by atoms with Gasteiger partial charge in [0.25, 0.3) is 0 Å². The minimum Gasteiger partial charge on any atom is -0.493 e. The summed E-state index contributed by atoms with van der Waals surface area (Å²) in [6, 6.07) is 6.19. The number of sulfone groups is 1. The zero-order valence-corrected chi connectivity index (χ0v) is 16.0. The molecule has 7 nitrogen and oxygen atoms in total. The molecular weight excluding hydrogens is 366 g/mol. The average Bonchev–Trinajstić information content (AvgIpc) is 2.55. The van der Waals surface area contributed by atoms with Gasteiger partial charge in [-0.25, -0.2) is 8.42 Å². The van der Waals surface area contributed by atoms with Crippen LogP contribution in [-0.4, -0.2) is 71.4 Å². The Morgan fingerprint density at radius 2 is 1.88 bits per heavy atom. The third-order valence-corrected chi connectivity index (χ3v) is 4.94. The predicted octanol–water partition coefficient (Wildman–Crippen LogP) is 0.302. The second-order valence-corrected chi connectivity index (χ2v) is 7.80. The molecule has 142 valence electrons. The van der Waals surface area contributed by atoms with E-state index in [0.717, 1.165) is 39.0 Å². The molecule has 1 fully saturated rings. The summed E-state index contributed by atoms with van der Waals surface area (Å²) in [5.74, 6) is 0.508. The Labute approximate surface area is 155 Å². The van der Waals surface area contributed by atoms with Gasteiger partial charge < -0.3 is 15.4 Å². The fourth-order valence-corrected chi connectivity index (χ4v) is 3.05. The molecular formula is C16H26ClN3O4S. The number of carbonyl (C=O) groups excluding carboxylic acids is 1. The van der Waals surface area contributed by atoms with E-state index in [4.69, 9.17) is 4.74 Å². The molecule has 2 N–H and O–H groups in total. The predicted molar refractivity (Wildman–Crippen MR) is 99.2 cm³/mol. The largest absolute Gasteiger partial charge is 0.493 e. The van der Waals surface area contributed by atoms with Gasteiger partial charge in [0.2, 0.25) is 5.91 Å². The van der Waals surface area contributed by atoms with Gasteiger partial charge in [0.1, 0.15) is 5.75 Å². The van der Waals surface area contributed by atoms with Crippen molar-refractivity contribution < 1.29 is 17.9 Å². The number of carbonyl (C=O) groups is 1. The molecule has 25 heavy (non-hydrogen) atoms. The number of amides is 1. The van der Waals surface area contributed by atoms with Gasteiger partial charge in [-0.2, -0.15) is 0 Å². The molecule has 0 bridgehead atoms. The van der Waals surface area contributed by atoms with Gasteiger partial charge in [-0.05, 0) is 24.3 Å². The summed E-state index contributed by atoms with van der Waals surface area (Å²) in [6.45, 7) is 5.80. The fraction of sp³-hybridized carbons (Fsp3) is 0.562. The maximum Gasteiger partial charge on any atom is 0.223 e. The maximum atomic E-state index is 11.8. The smallest absolute Gasteiger partial charge is 0.223 e. The Bertz CT molecular complexity index is 631. The second-order valence-electron chi connectivity index (χ2n) is 5.78. The highest BCUT2D eigenvalue weighted by Gasteiger charge is 2.10. The first kappa shape index (κ1) is 21.7. The van der Waals surface area contributed by atoms with Crippen molar-refractivity contribution in [1.29, 1.82) is 0 Å². The van der Waals surface area contributed by atoms with Crippen molar-refractivity contribution in [3.8, 4) is 5.75 Å². The molecule has 0 saturated carbocycles. The number of nitrogens with zero attached hydrogens (tertiary/aromatic N) is 1. The van der Waals surface area contributed by atoms with Crippen molar-refractivity contribution in [1.82, 2.24) is 15.5 Å². The highest BCUT2D eigenvalue weighted by Crippen LogP contribution is 2.15. The minimum absolute atomic E-state index is 0. The third-order valence-electron chi connectivity index (χ3n) is 3.81. The Morgan fingerprint density at radius 3 is 2.48 bits per heavy atom. The first-order valence-corrected chi connectivity index (χ1v) is 9.97. The number of halogens is 1.